The van der Waals surface area contributed by atoms with E-state index in [9.17, 15) is 0 Å². The van der Waals surface area contributed by atoms with Gasteiger partial charge in [-0.3, -0.25) is 0 Å². The molecule has 0 radical (unpaired) electrons. The van der Waals surface area contributed by atoms with Gasteiger partial charge in [0, 0.05) is 21.9 Å². The summed E-state index contributed by atoms with van der Waals surface area (Å²) in [7, 11) is -5.74. The summed E-state index contributed by atoms with van der Waals surface area (Å²) in [5.74, 6) is 0. The molecule has 0 amide bonds. The summed E-state index contributed by atoms with van der Waals surface area (Å²) in [6, 6.07) is 117. The van der Waals surface area contributed by atoms with E-state index < -0.39 is 16.1 Å². The van der Waals surface area contributed by atoms with Gasteiger partial charge in [0.25, 0.3) is 0 Å². The highest BCUT2D eigenvalue weighted by atomic mass is 28.3. The minimum atomic E-state index is -2.87. The van der Waals surface area contributed by atoms with Crippen LogP contribution in [0.2, 0.25) is 0 Å². The van der Waals surface area contributed by atoms with E-state index in [2.05, 4.69) is 320 Å². The van der Waals surface area contributed by atoms with Gasteiger partial charge in [-0.1, -0.05) is 285 Å². The molecule has 0 aliphatic heterocycles. The molecule has 4 heteroatoms. The molecular formula is C71H52N2Si2. The molecular weight excluding hydrogens is 937 g/mol. The van der Waals surface area contributed by atoms with Gasteiger partial charge in [-0.2, -0.15) is 0 Å². The second-order valence-corrected chi connectivity index (χ2v) is 27.0. The van der Waals surface area contributed by atoms with E-state index in [1.54, 1.807) is 0 Å². The molecule has 13 aromatic rings. The summed E-state index contributed by atoms with van der Waals surface area (Å²) in [6.07, 6.45) is 0. The third-order valence-electron chi connectivity index (χ3n) is 15.3. The number of pyridine rings is 1. The van der Waals surface area contributed by atoms with Crippen LogP contribution in [0.4, 0.5) is 0 Å². The number of nitrogens with zero attached hydrogens (tertiary/aromatic N) is 2. The Labute approximate surface area is 441 Å². The highest BCUT2D eigenvalue weighted by Crippen LogP contribution is 2.37. The lowest BCUT2D eigenvalue weighted by atomic mass is 10.0. The lowest BCUT2D eigenvalue weighted by Gasteiger charge is -2.34. The Morgan fingerprint density at radius 2 is 0.560 bits per heavy atom. The average Bonchev–Trinajstić information content (AvgIpc) is 3.83. The van der Waals surface area contributed by atoms with Gasteiger partial charge in [-0.05, 0) is 83.0 Å². The lowest BCUT2D eigenvalue weighted by Crippen LogP contribution is -2.74. The molecule has 0 spiro atoms. The van der Waals surface area contributed by atoms with Gasteiger partial charge in [0.15, 0.2) is 16.1 Å². The van der Waals surface area contributed by atoms with Crippen LogP contribution in [0.15, 0.2) is 315 Å². The largest absolute Gasteiger partial charge is 0.309 e. The van der Waals surface area contributed by atoms with Crippen molar-refractivity contribution in [3.05, 3.63) is 315 Å². The fourth-order valence-corrected chi connectivity index (χ4v) is 21.5. The molecule has 354 valence electrons. The fraction of sp³-hybridized carbons (Fsp3) is 0. The molecule has 13 rings (SSSR count). The van der Waals surface area contributed by atoms with Crippen LogP contribution in [0, 0.1) is 0 Å². The Morgan fingerprint density at radius 1 is 0.227 bits per heavy atom. The molecule has 2 aromatic heterocycles. The first-order valence-corrected chi connectivity index (χ1v) is 29.9. The minimum absolute atomic E-state index is 0.913. The van der Waals surface area contributed by atoms with E-state index in [4.69, 9.17) is 4.98 Å². The standard InChI is InChI=1S/C71H52N2Si2/c1-8-26-53(27-9-1)54-46-47-71-67(50-54)66-44-22-23-45-70(66)73(71)57-51-68(55-28-24-42-64(48-55)74(58-30-10-2-11-31-58,59-32-12-3-13-33-59)60-34-14-4-15-35-60)72-69(52-57)56-29-25-43-65(49-56)75(61-36-16-5-17-37-61,62-38-18-6-19-39-62)63-40-20-7-21-41-63/h1-52H. The lowest BCUT2D eigenvalue weighted by molar-refractivity contribution is 1.16. The molecule has 0 aliphatic rings. The number of fused-ring (bicyclic) bond motifs is 3. The van der Waals surface area contributed by atoms with Crippen LogP contribution >= 0.6 is 0 Å². The van der Waals surface area contributed by atoms with Crippen LogP contribution in [-0.4, -0.2) is 25.7 Å². The summed E-state index contributed by atoms with van der Waals surface area (Å²) in [6.45, 7) is 0. The van der Waals surface area contributed by atoms with Crippen molar-refractivity contribution in [1.29, 1.82) is 0 Å². The third kappa shape index (κ3) is 7.99. The molecule has 0 saturated carbocycles. The maximum Gasteiger partial charge on any atom is 0.179 e. The van der Waals surface area contributed by atoms with E-state index >= 15 is 0 Å². The molecule has 0 unspecified atom stereocenters. The van der Waals surface area contributed by atoms with Gasteiger partial charge in [-0.25, -0.2) is 4.98 Å². The van der Waals surface area contributed by atoms with Crippen molar-refractivity contribution in [2.75, 3.05) is 0 Å². The molecule has 2 nitrogen and oxygen atoms in total. The zero-order valence-corrected chi connectivity index (χ0v) is 43.4. The number of rotatable bonds is 12. The summed E-state index contributed by atoms with van der Waals surface area (Å²) in [4.78, 5) is 5.80. The Balaban J connectivity index is 1.08. The summed E-state index contributed by atoms with van der Waals surface area (Å²) in [5, 5.41) is 13.0. The molecule has 0 saturated heterocycles. The van der Waals surface area contributed by atoms with Gasteiger partial charge >= 0.3 is 0 Å². The number of aromatic nitrogens is 2. The van der Waals surface area contributed by atoms with Crippen molar-refractivity contribution >= 4 is 79.4 Å². The average molecular weight is 989 g/mol. The summed E-state index contributed by atoms with van der Waals surface area (Å²) in [5.41, 5.74) is 9.71. The fourth-order valence-electron chi connectivity index (χ4n) is 12.0. The highest BCUT2D eigenvalue weighted by molar-refractivity contribution is 7.20. The normalized spacial score (nSPS) is 11.7. The topological polar surface area (TPSA) is 17.8 Å². The van der Waals surface area contributed by atoms with Crippen LogP contribution in [0.5, 0.6) is 0 Å². The monoisotopic (exact) mass is 988 g/mol. The van der Waals surface area contributed by atoms with Crippen molar-refractivity contribution in [1.82, 2.24) is 9.55 Å². The first kappa shape index (κ1) is 45.7. The predicted octanol–water partition coefficient (Wildman–Crippen LogP) is 11.9. The third-order valence-corrected chi connectivity index (χ3v) is 24.8. The van der Waals surface area contributed by atoms with Crippen molar-refractivity contribution in [2.24, 2.45) is 0 Å². The minimum Gasteiger partial charge on any atom is -0.309 e. The van der Waals surface area contributed by atoms with Crippen molar-refractivity contribution < 1.29 is 0 Å². The Morgan fingerprint density at radius 3 is 0.973 bits per heavy atom. The van der Waals surface area contributed by atoms with E-state index in [1.165, 1.54) is 63.4 Å². The smallest absolute Gasteiger partial charge is 0.179 e. The van der Waals surface area contributed by atoms with Gasteiger partial charge in [0.1, 0.15) is 0 Å². The first-order chi connectivity index (χ1) is 37.2. The Hall–Kier alpha value is -9.20. The van der Waals surface area contributed by atoms with Crippen LogP contribution in [0.1, 0.15) is 0 Å². The highest BCUT2D eigenvalue weighted by Gasteiger charge is 2.43. The van der Waals surface area contributed by atoms with Crippen molar-refractivity contribution in [2.45, 2.75) is 0 Å². The van der Waals surface area contributed by atoms with Crippen LogP contribution in [0.3, 0.4) is 0 Å². The molecule has 0 fully saturated rings. The maximum absolute atomic E-state index is 5.80. The Kier molecular flexibility index (Phi) is 12.0. The predicted molar refractivity (Wildman–Crippen MR) is 322 cm³/mol. The second-order valence-electron chi connectivity index (χ2n) is 19.4. The molecule has 0 atom stereocenters. The quantitative estimate of drug-likeness (QED) is 0.0881. The zero-order valence-electron chi connectivity index (χ0n) is 41.4. The van der Waals surface area contributed by atoms with Crippen LogP contribution in [0.25, 0.3) is 61.1 Å². The summed E-state index contributed by atoms with van der Waals surface area (Å²) >= 11 is 0. The number of para-hydroxylation sites is 1. The van der Waals surface area contributed by atoms with Crippen LogP contribution in [-0.2, 0) is 0 Å². The number of hydrogen-bond acceptors (Lipinski definition) is 1. The SMILES string of the molecule is c1ccc(-c2ccc3c(c2)c2ccccc2n3-c2cc(-c3cccc([Si](c4ccccc4)(c4ccccc4)c4ccccc4)c3)nc(-c3cccc([Si](c4ccccc4)(c4ccccc4)c4ccccc4)c3)c2)cc1. The Bertz CT molecular complexity index is 3710. The van der Waals surface area contributed by atoms with Crippen molar-refractivity contribution in [3.63, 3.8) is 0 Å². The number of benzene rings is 11. The van der Waals surface area contributed by atoms with Gasteiger partial charge in [0.2, 0.25) is 0 Å². The van der Waals surface area contributed by atoms with Gasteiger partial charge in [0.05, 0.1) is 28.1 Å². The van der Waals surface area contributed by atoms with E-state index in [0.717, 1.165) is 39.2 Å². The maximum atomic E-state index is 5.80. The molecule has 0 bridgehead atoms. The van der Waals surface area contributed by atoms with Crippen molar-refractivity contribution in [3.8, 4) is 39.3 Å². The number of hydrogen-bond donors (Lipinski definition) is 0. The van der Waals surface area contributed by atoms with E-state index in [-0.39, 0.29) is 0 Å². The first-order valence-electron chi connectivity index (χ1n) is 25.9. The molecule has 0 aliphatic carbocycles. The zero-order chi connectivity index (χ0) is 50.0. The second kappa shape index (κ2) is 19.7. The molecule has 75 heavy (non-hydrogen) atoms. The van der Waals surface area contributed by atoms with Gasteiger partial charge in [-0.15, -0.1) is 0 Å². The van der Waals surface area contributed by atoms with Crippen LogP contribution < -0.4 is 41.5 Å². The van der Waals surface area contributed by atoms with E-state index in [1.807, 2.05) is 0 Å². The van der Waals surface area contributed by atoms with Gasteiger partial charge < -0.3 is 4.57 Å². The van der Waals surface area contributed by atoms with E-state index in [0.29, 0.717) is 0 Å². The molecule has 2 heterocycles. The summed E-state index contributed by atoms with van der Waals surface area (Å²) < 4.78 is 2.45. The molecule has 0 N–H and O–H groups in total. The molecule has 11 aromatic carbocycles.